The van der Waals surface area contributed by atoms with Crippen LogP contribution in [0.2, 0.25) is 0 Å². The minimum absolute atomic E-state index is 0.137. The van der Waals surface area contributed by atoms with Crippen molar-refractivity contribution in [2.45, 2.75) is 43.9 Å². The van der Waals surface area contributed by atoms with Crippen molar-refractivity contribution < 1.29 is 0 Å². The zero-order valence-corrected chi connectivity index (χ0v) is 13.6. The first-order chi connectivity index (χ1) is 10.2. The topological polar surface area (TPSA) is 26.0 Å². The molecule has 0 aliphatic heterocycles. The van der Waals surface area contributed by atoms with E-state index in [1.807, 2.05) is 0 Å². The van der Waals surface area contributed by atoms with Crippen molar-refractivity contribution in [1.82, 2.24) is 0 Å². The van der Waals surface area contributed by atoms with Gasteiger partial charge in [-0.3, -0.25) is 0 Å². The van der Waals surface area contributed by atoms with Crippen molar-refractivity contribution in [3.8, 4) is 0 Å². The lowest BCUT2D eigenvalue weighted by Crippen LogP contribution is -2.19. The second-order valence-corrected chi connectivity index (χ2v) is 7.74. The lowest BCUT2D eigenvalue weighted by Gasteiger charge is -2.27. The van der Waals surface area contributed by atoms with Gasteiger partial charge in [-0.05, 0) is 35.1 Å². The van der Waals surface area contributed by atoms with E-state index in [4.69, 9.17) is 5.73 Å². The zero-order chi connectivity index (χ0) is 14.7. The summed E-state index contributed by atoms with van der Waals surface area (Å²) in [6.45, 7) is 2.39. The summed E-state index contributed by atoms with van der Waals surface area (Å²) in [5.41, 5.74) is 7.79. The number of benzene rings is 2. The fourth-order valence-corrected chi connectivity index (χ4v) is 4.89. The molecule has 1 aliphatic carbocycles. The van der Waals surface area contributed by atoms with Gasteiger partial charge in [0.2, 0.25) is 0 Å². The van der Waals surface area contributed by atoms with E-state index < -0.39 is 0 Å². The predicted molar refractivity (Wildman–Crippen MR) is 94.8 cm³/mol. The molecule has 0 aromatic heterocycles. The summed E-state index contributed by atoms with van der Waals surface area (Å²) in [6.07, 6.45) is 5.54. The van der Waals surface area contributed by atoms with Crippen LogP contribution < -0.4 is 5.73 Å². The molecule has 0 radical (unpaired) electrons. The third kappa shape index (κ3) is 3.61. The quantitative estimate of drug-likeness (QED) is 0.844. The molecule has 1 fully saturated rings. The van der Waals surface area contributed by atoms with Crippen LogP contribution in [0.1, 0.15) is 44.2 Å². The van der Waals surface area contributed by atoms with Crippen molar-refractivity contribution in [3.05, 3.63) is 48.0 Å². The minimum Gasteiger partial charge on any atom is -0.323 e. The molecule has 1 aliphatic rings. The molecular weight excluding hydrogens is 274 g/mol. The molecule has 0 saturated heterocycles. The monoisotopic (exact) mass is 299 g/mol. The highest BCUT2D eigenvalue weighted by Crippen LogP contribution is 2.34. The van der Waals surface area contributed by atoms with Crippen LogP contribution in [0.25, 0.3) is 10.8 Å². The summed E-state index contributed by atoms with van der Waals surface area (Å²) >= 11 is 2.09. The Balaban J connectivity index is 1.68. The van der Waals surface area contributed by atoms with E-state index in [2.05, 4.69) is 61.2 Å². The number of hydrogen-bond acceptors (Lipinski definition) is 2. The normalized spacial score (nSPS) is 24.1. The fourth-order valence-electron chi connectivity index (χ4n) is 3.43. The van der Waals surface area contributed by atoms with Gasteiger partial charge in [-0.25, -0.2) is 0 Å². The first kappa shape index (κ1) is 14.9. The molecule has 3 unspecified atom stereocenters. The maximum atomic E-state index is 6.49. The minimum atomic E-state index is 0.137. The molecule has 0 heterocycles. The molecule has 1 saturated carbocycles. The van der Waals surface area contributed by atoms with E-state index in [-0.39, 0.29) is 6.04 Å². The van der Waals surface area contributed by atoms with Crippen molar-refractivity contribution in [2.24, 2.45) is 11.7 Å². The smallest absolute Gasteiger partial charge is 0.0393 e. The average Bonchev–Trinajstić information content (AvgIpc) is 2.52. The summed E-state index contributed by atoms with van der Waals surface area (Å²) in [7, 11) is 0. The fraction of sp³-hybridized carbons (Fsp3) is 0.474. The molecule has 2 aromatic rings. The van der Waals surface area contributed by atoms with E-state index in [0.29, 0.717) is 0 Å². The van der Waals surface area contributed by atoms with E-state index in [1.165, 1.54) is 42.0 Å². The molecule has 0 bridgehead atoms. The van der Waals surface area contributed by atoms with Gasteiger partial charge in [0.05, 0.1) is 0 Å². The molecule has 3 rings (SSSR count). The van der Waals surface area contributed by atoms with Gasteiger partial charge in [-0.15, -0.1) is 0 Å². The first-order valence-corrected chi connectivity index (χ1v) is 9.14. The lowest BCUT2D eigenvalue weighted by atomic mass is 9.91. The Hall–Kier alpha value is -0.990. The Bertz CT molecular complexity index is 590. The average molecular weight is 299 g/mol. The van der Waals surface area contributed by atoms with Crippen LogP contribution in [0.3, 0.4) is 0 Å². The molecule has 0 spiro atoms. The maximum Gasteiger partial charge on any atom is 0.0393 e. The number of fused-ring (bicyclic) bond motifs is 1. The van der Waals surface area contributed by atoms with Crippen LogP contribution in [-0.2, 0) is 0 Å². The summed E-state index contributed by atoms with van der Waals surface area (Å²) in [4.78, 5) is 0. The first-order valence-electron chi connectivity index (χ1n) is 8.09. The van der Waals surface area contributed by atoms with Crippen LogP contribution in [0.4, 0.5) is 0 Å². The van der Waals surface area contributed by atoms with Crippen LogP contribution in [0.5, 0.6) is 0 Å². The van der Waals surface area contributed by atoms with Crippen molar-refractivity contribution >= 4 is 22.5 Å². The van der Waals surface area contributed by atoms with Gasteiger partial charge in [0, 0.05) is 17.0 Å². The molecule has 1 nitrogen and oxygen atoms in total. The van der Waals surface area contributed by atoms with E-state index >= 15 is 0 Å². The summed E-state index contributed by atoms with van der Waals surface area (Å²) < 4.78 is 0. The number of rotatable bonds is 4. The number of thioether (sulfide) groups is 1. The predicted octanol–water partition coefficient (Wildman–Crippen LogP) is 5.15. The Kier molecular flexibility index (Phi) is 4.87. The molecule has 3 atom stereocenters. The highest BCUT2D eigenvalue weighted by atomic mass is 32.2. The second kappa shape index (κ2) is 6.85. The summed E-state index contributed by atoms with van der Waals surface area (Å²) in [6, 6.07) is 15.2. The Morgan fingerprint density at radius 1 is 1.14 bits per heavy atom. The molecule has 112 valence electrons. The van der Waals surface area contributed by atoms with Gasteiger partial charge in [-0.1, -0.05) is 62.2 Å². The van der Waals surface area contributed by atoms with Gasteiger partial charge in [-0.2, -0.15) is 11.8 Å². The molecule has 2 N–H and O–H groups in total. The van der Waals surface area contributed by atoms with Crippen molar-refractivity contribution in [1.29, 1.82) is 0 Å². The maximum absolute atomic E-state index is 6.49. The molecular formula is C19H25NS. The van der Waals surface area contributed by atoms with Gasteiger partial charge in [0.25, 0.3) is 0 Å². The third-order valence-electron chi connectivity index (χ3n) is 4.62. The van der Waals surface area contributed by atoms with Crippen molar-refractivity contribution in [3.63, 3.8) is 0 Å². The largest absolute Gasteiger partial charge is 0.323 e. The van der Waals surface area contributed by atoms with Gasteiger partial charge < -0.3 is 5.73 Å². The van der Waals surface area contributed by atoms with Crippen molar-refractivity contribution in [2.75, 3.05) is 5.75 Å². The third-order valence-corrected chi connectivity index (χ3v) is 6.07. The van der Waals surface area contributed by atoms with Crippen LogP contribution in [-0.4, -0.2) is 11.0 Å². The van der Waals surface area contributed by atoms with E-state index in [9.17, 15) is 0 Å². The number of hydrogen-bond donors (Lipinski definition) is 1. The van der Waals surface area contributed by atoms with Gasteiger partial charge in [0.1, 0.15) is 0 Å². The molecule has 0 amide bonds. The van der Waals surface area contributed by atoms with Crippen LogP contribution in [0, 0.1) is 5.92 Å². The van der Waals surface area contributed by atoms with Gasteiger partial charge in [0.15, 0.2) is 0 Å². The van der Waals surface area contributed by atoms with Gasteiger partial charge >= 0.3 is 0 Å². The number of nitrogens with two attached hydrogens (primary N) is 1. The van der Waals surface area contributed by atoms with Crippen LogP contribution in [0.15, 0.2) is 42.5 Å². The lowest BCUT2D eigenvalue weighted by molar-refractivity contribution is 0.394. The Morgan fingerprint density at radius 3 is 2.81 bits per heavy atom. The second-order valence-electron chi connectivity index (χ2n) is 6.40. The Labute approximate surface area is 132 Å². The van der Waals surface area contributed by atoms with E-state index in [0.717, 1.165) is 16.9 Å². The molecule has 21 heavy (non-hydrogen) atoms. The summed E-state index contributed by atoms with van der Waals surface area (Å²) in [5, 5.41) is 3.42. The zero-order valence-electron chi connectivity index (χ0n) is 12.8. The van der Waals surface area contributed by atoms with Crippen LogP contribution >= 0.6 is 11.8 Å². The highest BCUT2D eigenvalue weighted by molar-refractivity contribution is 7.99. The van der Waals surface area contributed by atoms with E-state index in [1.54, 1.807) is 0 Å². The highest BCUT2D eigenvalue weighted by Gasteiger charge is 2.20. The standard InChI is InChI=1S/C19H25NS/c1-14-6-4-9-16(12-14)21-13-19(20)18-11-5-8-15-7-2-3-10-17(15)18/h2-3,5,7-8,10-11,14,16,19H,4,6,9,12-13,20H2,1H3. The SMILES string of the molecule is CC1CCCC(SCC(N)c2cccc3ccccc23)C1. The Morgan fingerprint density at radius 2 is 1.95 bits per heavy atom. The molecule has 2 heteroatoms. The summed E-state index contributed by atoms with van der Waals surface area (Å²) in [5.74, 6) is 1.93. The molecule has 2 aromatic carbocycles.